The smallest absolute Gasteiger partial charge is 0.0487 e. The van der Waals surface area contributed by atoms with Crippen LogP contribution < -0.4 is 0 Å². The van der Waals surface area contributed by atoms with Crippen LogP contribution >= 0.6 is 0 Å². The lowest BCUT2D eigenvalue weighted by atomic mass is 10.1. The van der Waals surface area contributed by atoms with E-state index in [-0.39, 0.29) is 6.61 Å². The fourth-order valence-corrected chi connectivity index (χ4v) is 1.78. The summed E-state index contributed by atoms with van der Waals surface area (Å²) in [6.45, 7) is 4.10. The van der Waals surface area contributed by atoms with Crippen LogP contribution in [0.1, 0.15) is 71.1 Å². The van der Waals surface area contributed by atoms with Crippen molar-refractivity contribution in [3.63, 3.8) is 0 Å². The minimum absolute atomic E-state index is 0.248. The van der Waals surface area contributed by atoms with Gasteiger partial charge in [0.1, 0.15) is 0 Å². The van der Waals surface area contributed by atoms with Crippen molar-refractivity contribution in [1.82, 2.24) is 0 Å². The zero-order chi connectivity index (χ0) is 11.9. The summed E-state index contributed by atoms with van der Waals surface area (Å²) in [5.74, 6) is 0. The van der Waals surface area contributed by atoms with Crippen LogP contribution in [0.25, 0.3) is 0 Å². The van der Waals surface area contributed by atoms with Crippen molar-refractivity contribution < 1.29 is 9.84 Å². The molecule has 0 fully saturated rings. The first-order valence-electron chi connectivity index (χ1n) is 7.10. The van der Waals surface area contributed by atoms with Crippen LogP contribution in [0.2, 0.25) is 0 Å². The Hall–Kier alpha value is -0.0800. The van der Waals surface area contributed by atoms with E-state index >= 15 is 0 Å². The van der Waals surface area contributed by atoms with Crippen LogP contribution in [0, 0.1) is 0 Å². The van der Waals surface area contributed by atoms with Gasteiger partial charge in [0.15, 0.2) is 0 Å². The molecule has 0 saturated carbocycles. The zero-order valence-electron chi connectivity index (χ0n) is 11.0. The Balaban J connectivity index is 2.83. The highest BCUT2D eigenvalue weighted by molar-refractivity contribution is 4.46. The number of rotatable bonds is 13. The third-order valence-electron chi connectivity index (χ3n) is 2.84. The molecule has 0 aromatic rings. The van der Waals surface area contributed by atoms with Crippen molar-refractivity contribution in [2.75, 3.05) is 19.8 Å². The highest BCUT2D eigenvalue weighted by Crippen LogP contribution is 2.09. The van der Waals surface area contributed by atoms with E-state index in [0.717, 1.165) is 13.0 Å². The van der Waals surface area contributed by atoms with Crippen molar-refractivity contribution in [3.8, 4) is 0 Å². The van der Waals surface area contributed by atoms with Gasteiger partial charge in [-0.15, -0.1) is 0 Å². The summed E-state index contributed by atoms with van der Waals surface area (Å²) in [4.78, 5) is 0. The average Bonchev–Trinajstić information content (AvgIpc) is 2.31. The van der Waals surface area contributed by atoms with Gasteiger partial charge in [0.05, 0.1) is 0 Å². The van der Waals surface area contributed by atoms with Crippen LogP contribution in [0.5, 0.6) is 0 Å². The molecule has 98 valence electrons. The molecule has 2 nitrogen and oxygen atoms in total. The Labute approximate surface area is 101 Å². The summed E-state index contributed by atoms with van der Waals surface area (Å²) < 4.78 is 5.37. The minimum Gasteiger partial charge on any atom is -0.396 e. The maximum atomic E-state index is 8.55. The summed E-state index contributed by atoms with van der Waals surface area (Å²) in [5, 5.41) is 8.55. The molecule has 16 heavy (non-hydrogen) atoms. The van der Waals surface area contributed by atoms with E-state index in [1.807, 2.05) is 0 Å². The second-order valence-electron chi connectivity index (χ2n) is 4.52. The molecular formula is C14H30O2. The van der Waals surface area contributed by atoms with E-state index in [9.17, 15) is 0 Å². The number of hydrogen-bond acceptors (Lipinski definition) is 2. The van der Waals surface area contributed by atoms with Crippen molar-refractivity contribution in [2.24, 2.45) is 0 Å². The molecule has 0 heterocycles. The Kier molecular flexibility index (Phi) is 14.8. The number of ether oxygens (including phenoxy) is 1. The van der Waals surface area contributed by atoms with Crippen molar-refractivity contribution in [2.45, 2.75) is 71.1 Å². The summed E-state index contributed by atoms with van der Waals surface area (Å²) in [5.41, 5.74) is 0. The maximum absolute atomic E-state index is 8.55. The summed E-state index contributed by atoms with van der Waals surface area (Å²) in [7, 11) is 0. The number of aliphatic hydroxyl groups is 1. The van der Waals surface area contributed by atoms with Gasteiger partial charge in [-0.2, -0.15) is 0 Å². The first-order chi connectivity index (χ1) is 7.91. The maximum Gasteiger partial charge on any atom is 0.0487 e. The van der Waals surface area contributed by atoms with E-state index in [4.69, 9.17) is 9.84 Å². The fourth-order valence-electron chi connectivity index (χ4n) is 1.78. The molecular weight excluding hydrogens is 200 g/mol. The zero-order valence-corrected chi connectivity index (χ0v) is 11.0. The van der Waals surface area contributed by atoms with E-state index < -0.39 is 0 Å². The molecule has 0 atom stereocenters. The number of aliphatic hydroxyl groups excluding tert-OH is 1. The van der Waals surface area contributed by atoms with Crippen molar-refractivity contribution >= 4 is 0 Å². The molecule has 0 aliphatic rings. The van der Waals surface area contributed by atoms with Crippen molar-refractivity contribution in [1.29, 1.82) is 0 Å². The van der Waals surface area contributed by atoms with Gasteiger partial charge in [0, 0.05) is 19.8 Å². The molecule has 0 radical (unpaired) electrons. The fraction of sp³-hybridized carbons (Fsp3) is 1.00. The SMILES string of the molecule is CCCCCCCCCCCOCCCO. The lowest BCUT2D eigenvalue weighted by Crippen LogP contribution is -1.98. The van der Waals surface area contributed by atoms with Gasteiger partial charge in [0.2, 0.25) is 0 Å². The van der Waals surface area contributed by atoms with Crippen LogP contribution in [0.3, 0.4) is 0 Å². The Morgan fingerprint density at radius 3 is 1.75 bits per heavy atom. The number of hydrogen-bond donors (Lipinski definition) is 1. The lowest BCUT2D eigenvalue weighted by Gasteiger charge is -2.03. The first kappa shape index (κ1) is 15.9. The largest absolute Gasteiger partial charge is 0.396 e. The third-order valence-corrected chi connectivity index (χ3v) is 2.84. The molecule has 0 unspecified atom stereocenters. The second-order valence-corrected chi connectivity index (χ2v) is 4.52. The van der Waals surface area contributed by atoms with Crippen molar-refractivity contribution in [3.05, 3.63) is 0 Å². The topological polar surface area (TPSA) is 29.5 Å². The van der Waals surface area contributed by atoms with Gasteiger partial charge in [0.25, 0.3) is 0 Å². The van der Waals surface area contributed by atoms with Crippen LogP contribution in [-0.4, -0.2) is 24.9 Å². The summed E-state index contributed by atoms with van der Waals surface area (Å²) in [6, 6.07) is 0. The second kappa shape index (κ2) is 14.9. The van der Waals surface area contributed by atoms with Gasteiger partial charge >= 0.3 is 0 Å². The van der Waals surface area contributed by atoms with E-state index in [1.165, 1.54) is 57.8 Å². The lowest BCUT2D eigenvalue weighted by molar-refractivity contribution is 0.112. The molecule has 0 bridgehead atoms. The molecule has 0 saturated heterocycles. The molecule has 0 aromatic heterocycles. The van der Waals surface area contributed by atoms with Gasteiger partial charge in [-0.25, -0.2) is 0 Å². The standard InChI is InChI=1S/C14H30O2/c1-2-3-4-5-6-7-8-9-10-13-16-14-11-12-15/h15H,2-14H2,1H3. The Morgan fingerprint density at radius 2 is 1.19 bits per heavy atom. The first-order valence-corrected chi connectivity index (χ1v) is 7.10. The van der Waals surface area contributed by atoms with Crippen LogP contribution in [0.15, 0.2) is 0 Å². The predicted molar refractivity (Wildman–Crippen MR) is 69.7 cm³/mol. The normalized spacial score (nSPS) is 10.9. The molecule has 0 rings (SSSR count). The van der Waals surface area contributed by atoms with Gasteiger partial charge in [-0.3, -0.25) is 0 Å². The predicted octanol–water partition coefficient (Wildman–Crippen LogP) is 3.92. The minimum atomic E-state index is 0.248. The quantitative estimate of drug-likeness (QED) is 0.486. The van der Waals surface area contributed by atoms with Gasteiger partial charge in [-0.1, -0.05) is 58.3 Å². The highest BCUT2D eigenvalue weighted by Gasteiger charge is 1.92. The molecule has 0 aromatic carbocycles. The molecule has 0 spiro atoms. The van der Waals surface area contributed by atoms with Crippen LogP contribution in [-0.2, 0) is 4.74 Å². The molecule has 0 amide bonds. The van der Waals surface area contributed by atoms with Gasteiger partial charge < -0.3 is 9.84 Å². The Bertz CT molecular complexity index is 101. The van der Waals surface area contributed by atoms with E-state index in [1.54, 1.807) is 0 Å². The monoisotopic (exact) mass is 230 g/mol. The molecule has 2 heteroatoms. The summed E-state index contributed by atoms with van der Waals surface area (Å²) >= 11 is 0. The highest BCUT2D eigenvalue weighted by atomic mass is 16.5. The Morgan fingerprint density at radius 1 is 0.688 bits per heavy atom. The third kappa shape index (κ3) is 13.9. The summed E-state index contributed by atoms with van der Waals surface area (Å²) in [6.07, 6.45) is 13.0. The average molecular weight is 230 g/mol. The number of unbranched alkanes of at least 4 members (excludes halogenated alkanes) is 8. The van der Waals surface area contributed by atoms with E-state index in [2.05, 4.69) is 6.92 Å². The molecule has 0 aliphatic heterocycles. The molecule has 1 N–H and O–H groups in total. The van der Waals surface area contributed by atoms with Gasteiger partial charge in [-0.05, 0) is 12.8 Å². The van der Waals surface area contributed by atoms with E-state index in [0.29, 0.717) is 6.61 Å². The van der Waals surface area contributed by atoms with Crippen LogP contribution in [0.4, 0.5) is 0 Å². The molecule has 0 aliphatic carbocycles.